The molecule has 2 fully saturated rings. The molecule has 2 aliphatic rings. The van der Waals surface area contributed by atoms with Gasteiger partial charge >= 0.3 is 0 Å². The first-order valence-electron chi connectivity index (χ1n) is 11.8. The van der Waals surface area contributed by atoms with Gasteiger partial charge in [-0.15, -0.1) is 0 Å². The summed E-state index contributed by atoms with van der Waals surface area (Å²) in [6.07, 6.45) is 5.30. The van der Waals surface area contributed by atoms with Gasteiger partial charge in [-0.3, -0.25) is 14.2 Å². The normalized spacial score (nSPS) is 21.4. The number of para-hydroxylation sites is 1. The molecule has 0 bridgehead atoms. The van der Waals surface area contributed by atoms with Gasteiger partial charge in [-0.2, -0.15) is 0 Å². The first kappa shape index (κ1) is 21.6. The molecule has 0 spiro atoms. The van der Waals surface area contributed by atoms with Gasteiger partial charge < -0.3 is 9.80 Å². The SMILES string of the molecule is O=C(C1CCC(Cn2cnc3ccccc3c2=O)CC1)N1CCN(c2ccc(F)cc2)CC1. The van der Waals surface area contributed by atoms with Crippen LogP contribution < -0.4 is 10.5 Å². The van der Waals surface area contributed by atoms with E-state index in [1.165, 1.54) is 12.1 Å². The molecule has 172 valence electrons. The lowest BCUT2D eigenvalue weighted by molar-refractivity contribution is -0.137. The van der Waals surface area contributed by atoms with Gasteiger partial charge in [0, 0.05) is 44.3 Å². The van der Waals surface area contributed by atoms with Gasteiger partial charge in [0.1, 0.15) is 5.82 Å². The highest BCUT2D eigenvalue weighted by molar-refractivity contribution is 5.79. The van der Waals surface area contributed by atoms with Gasteiger partial charge in [-0.1, -0.05) is 12.1 Å². The maximum Gasteiger partial charge on any atom is 0.261 e. The van der Waals surface area contributed by atoms with Crippen LogP contribution in [0.25, 0.3) is 10.9 Å². The minimum absolute atomic E-state index is 0.0119. The van der Waals surface area contributed by atoms with Crippen molar-refractivity contribution in [2.75, 3.05) is 31.1 Å². The molecule has 33 heavy (non-hydrogen) atoms. The van der Waals surface area contributed by atoms with Gasteiger partial charge in [0.25, 0.3) is 5.56 Å². The Morgan fingerprint density at radius 2 is 1.64 bits per heavy atom. The number of nitrogens with zero attached hydrogens (tertiary/aromatic N) is 4. The molecule has 3 aromatic rings. The van der Waals surface area contributed by atoms with Gasteiger partial charge in [0.2, 0.25) is 5.91 Å². The first-order chi connectivity index (χ1) is 16.1. The Bertz CT molecular complexity index is 1180. The Kier molecular flexibility index (Phi) is 6.11. The molecule has 1 aromatic heterocycles. The van der Waals surface area contributed by atoms with E-state index in [0.717, 1.165) is 50.0 Å². The number of rotatable bonds is 4. The van der Waals surface area contributed by atoms with Crippen LogP contribution in [0.3, 0.4) is 0 Å². The Hall–Kier alpha value is -3.22. The molecule has 1 saturated heterocycles. The zero-order valence-corrected chi connectivity index (χ0v) is 18.7. The number of anilines is 1. The Morgan fingerprint density at radius 3 is 2.36 bits per heavy atom. The Labute approximate surface area is 192 Å². The van der Waals surface area contributed by atoms with Gasteiger partial charge in [0.15, 0.2) is 0 Å². The molecule has 5 rings (SSSR count). The topological polar surface area (TPSA) is 58.4 Å². The average molecular weight is 449 g/mol. The number of carbonyl (C=O) groups excluding carboxylic acids is 1. The van der Waals surface area contributed by atoms with E-state index >= 15 is 0 Å². The summed E-state index contributed by atoms with van der Waals surface area (Å²) in [6, 6.07) is 14.0. The second kappa shape index (κ2) is 9.33. The zero-order valence-electron chi connectivity index (χ0n) is 18.7. The highest BCUT2D eigenvalue weighted by Gasteiger charge is 2.31. The lowest BCUT2D eigenvalue weighted by atomic mass is 9.81. The molecule has 1 amide bonds. The standard InChI is InChI=1S/C26H29FN4O2/c27-21-9-11-22(12-10-21)29-13-15-30(16-14-29)25(32)20-7-5-19(6-8-20)17-31-18-28-24-4-2-1-3-23(24)26(31)33/h1-4,9-12,18-20H,5-8,13-17H2. The number of aromatic nitrogens is 2. The van der Waals surface area contributed by atoms with Crippen LogP contribution in [0, 0.1) is 17.7 Å². The van der Waals surface area contributed by atoms with Crippen molar-refractivity contribution in [2.24, 2.45) is 11.8 Å². The fourth-order valence-electron chi connectivity index (χ4n) is 5.20. The second-order valence-corrected chi connectivity index (χ2v) is 9.23. The van der Waals surface area contributed by atoms with Crippen molar-refractivity contribution >= 4 is 22.5 Å². The number of amides is 1. The molecule has 2 aromatic carbocycles. The molecule has 7 heteroatoms. The van der Waals surface area contributed by atoms with Crippen molar-refractivity contribution < 1.29 is 9.18 Å². The van der Waals surface area contributed by atoms with E-state index in [1.54, 1.807) is 23.0 Å². The quantitative estimate of drug-likeness (QED) is 0.611. The summed E-state index contributed by atoms with van der Waals surface area (Å²) in [6.45, 7) is 3.60. The number of piperazine rings is 1. The molecule has 1 aliphatic carbocycles. The van der Waals surface area contributed by atoms with Crippen LogP contribution in [-0.2, 0) is 11.3 Å². The first-order valence-corrected chi connectivity index (χ1v) is 11.8. The molecule has 6 nitrogen and oxygen atoms in total. The molecule has 0 N–H and O–H groups in total. The predicted octanol–water partition coefficient (Wildman–Crippen LogP) is 3.69. The van der Waals surface area contributed by atoms with Crippen LogP contribution in [0.4, 0.5) is 10.1 Å². The number of carbonyl (C=O) groups is 1. The summed E-state index contributed by atoms with van der Waals surface area (Å²) in [7, 11) is 0. The maximum absolute atomic E-state index is 13.2. The minimum atomic E-state index is -0.232. The number of benzene rings is 2. The third-order valence-corrected chi connectivity index (χ3v) is 7.17. The van der Waals surface area contributed by atoms with Crippen molar-refractivity contribution in [1.82, 2.24) is 14.5 Å². The van der Waals surface area contributed by atoms with Crippen LogP contribution in [0.5, 0.6) is 0 Å². The summed E-state index contributed by atoms with van der Waals surface area (Å²) in [5.41, 5.74) is 1.74. The van der Waals surface area contributed by atoms with E-state index < -0.39 is 0 Å². The van der Waals surface area contributed by atoms with E-state index in [0.29, 0.717) is 30.9 Å². The van der Waals surface area contributed by atoms with Crippen LogP contribution in [0.15, 0.2) is 59.7 Å². The van der Waals surface area contributed by atoms with Gasteiger partial charge in [-0.25, -0.2) is 9.37 Å². The Balaban J connectivity index is 1.13. The van der Waals surface area contributed by atoms with Crippen LogP contribution in [0.1, 0.15) is 25.7 Å². The third kappa shape index (κ3) is 4.63. The third-order valence-electron chi connectivity index (χ3n) is 7.17. The summed E-state index contributed by atoms with van der Waals surface area (Å²) >= 11 is 0. The number of hydrogen-bond acceptors (Lipinski definition) is 4. The van der Waals surface area contributed by atoms with E-state index in [1.807, 2.05) is 29.2 Å². The van der Waals surface area contributed by atoms with E-state index in [4.69, 9.17) is 0 Å². The van der Waals surface area contributed by atoms with Crippen molar-refractivity contribution in [3.63, 3.8) is 0 Å². The lowest BCUT2D eigenvalue weighted by Crippen LogP contribution is -2.50. The highest BCUT2D eigenvalue weighted by Crippen LogP contribution is 2.31. The number of fused-ring (bicyclic) bond motifs is 1. The fraction of sp³-hybridized carbons (Fsp3) is 0.423. The van der Waals surface area contributed by atoms with Crippen molar-refractivity contribution in [1.29, 1.82) is 0 Å². The summed E-state index contributed by atoms with van der Waals surface area (Å²) in [5.74, 6) is 0.497. The monoisotopic (exact) mass is 448 g/mol. The summed E-state index contributed by atoms with van der Waals surface area (Å²) in [5, 5.41) is 0.656. The van der Waals surface area contributed by atoms with Crippen LogP contribution >= 0.6 is 0 Å². The minimum Gasteiger partial charge on any atom is -0.368 e. The molecular weight excluding hydrogens is 419 g/mol. The number of hydrogen-bond donors (Lipinski definition) is 0. The maximum atomic E-state index is 13.2. The molecule has 1 aliphatic heterocycles. The molecule has 0 radical (unpaired) electrons. The predicted molar refractivity (Wildman–Crippen MR) is 127 cm³/mol. The summed E-state index contributed by atoms with van der Waals surface area (Å²) in [4.78, 5) is 34.5. The van der Waals surface area contributed by atoms with Crippen molar-refractivity contribution in [3.05, 3.63) is 71.0 Å². The smallest absolute Gasteiger partial charge is 0.261 e. The Morgan fingerprint density at radius 1 is 0.939 bits per heavy atom. The summed E-state index contributed by atoms with van der Waals surface area (Å²) < 4.78 is 14.9. The largest absolute Gasteiger partial charge is 0.368 e. The fourth-order valence-corrected chi connectivity index (χ4v) is 5.20. The van der Waals surface area contributed by atoms with Crippen LogP contribution in [-0.4, -0.2) is 46.5 Å². The van der Waals surface area contributed by atoms with Crippen molar-refractivity contribution in [2.45, 2.75) is 32.2 Å². The number of halogens is 1. The van der Waals surface area contributed by atoms with E-state index in [9.17, 15) is 14.0 Å². The molecule has 1 saturated carbocycles. The molecule has 2 heterocycles. The van der Waals surface area contributed by atoms with Crippen molar-refractivity contribution in [3.8, 4) is 0 Å². The molecule has 0 unspecified atom stereocenters. The van der Waals surface area contributed by atoms with Crippen LogP contribution in [0.2, 0.25) is 0 Å². The van der Waals surface area contributed by atoms with Gasteiger partial charge in [0.05, 0.1) is 17.2 Å². The van der Waals surface area contributed by atoms with Gasteiger partial charge in [-0.05, 0) is 68.0 Å². The average Bonchev–Trinajstić information content (AvgIpc) is 2.86. The second-order valence-electron chi connectivity index (χ2n) is 9.23. The lowest BCUT2D eigenvalue weighted by Gasteiger charge is -2.39. The molecular formula is C26H29FN4O2. The van der Waals surface area contributed by atoms with E-state index in [2.05, 4.69) is 9.88 Å². The van der Waals surface area contributed by atoms with E-state index in [-0.39, 0.29) is 23.2 Å². The zero-order chi connectivity index (χ0) is 22.8. The molecule has 0 atom stereocenters. The highest BCUT2D eigenvalue weighted by atomic mass is 19.1.